The van der Waals surface area contributed by atoms with Gasteiger partial charge >= 0.3 is 0 Å². The predicted molar refractivity (Wildman–Crippen MR) is 117 cm³/mol. The topological polar surface area (TPSA) is 59.1 Å². The first-order valence-corrected chi connectivity index (χ1v) is 11.4. The minimum Gasteiger partial charge on any atom is -0.493 e. The molecular formula is C24H36N2O4. The molecule has 2 fully saturated rings. The highest BCUT2D eigenvalue weighted by Crippen LogP contribution is 2.37. The number of amides is 2. The molecule has 1 saturated heterocycles. The highest BCUT2D eigenvalue weighted by Gasteiger charge is 2.43. The summed E-state index contributed by atoms with van der Waals surface area (Å²) in [7, 11) is 1.60. The summed E-state index contributed by atoms with van der Waals surface area (Å²) in [6.07, 6.45) is 5.90. The van der Waals surface area contributed by atoms with Crippen LogP contribution in [0.4, 0.5) is 0 Å². The lowest BCUT2D eigenvalue weighted by atomic mass is 9.85. The molecule has 0 spiro atoms. The molecule has 6 nitrogen and oxygen atoms in total. The second-order valence-corrected chi connectivity index (χ2v) is 8.63. The molecule has 1 heterocycles. The minimum atomic E-state index is -0.598. The molecule has 1 aliphatic heterocycles. The molecule has 0 unspecified atom stereocenters. The summed E-state index contributed by atoms with van der Waals surface area (Å²) in [4.78, 5) is 30.3. The SMILES string of the molecule is CCCOc1ccc([C@H]2C(=O)N(C3CCC(C)CC3)CC(=O)N2CCC)cc1OC. The van der Waals surface area contributed by atoms with Crippen molar-refractivity contribution in [3.05, 3.63) is 23.8 Å². The van der Waals surface area contributed by atoms with Gasteiger partial charge in [-0.3, -0.25) is 9.59 Å². The van der Waals surface area contributed by atoms with E-state index in [0.29, 0.717) is 30.6 Å². The van der Waals surface area contributed by atoms with Crippen molar-refractivity contribution in [1.29, 1.82) is 0 Å². The van der Waals surface area contributed by atoms with E-state index in [1.165, 1.54) is 0 Å². The van der Waals surface area contributed by atoms with Crippen molar-refractivity contribution >= 4 is 11.8 Å². The smallest absolute Gasteiger partial charge is 0.250 e. The third kappa shape index (κ3) is 4.73. The van der Waals surface area contributed by atoms with E-state index in [9.17, 15) is 9.59 Å². The van der Waals surface area contributed by atoms with E-state index in [1.807, 2.05) is 30.0 Å². The van der Waals surface area contributed by atoms with Crippen molar-refractivity contribution in [2.45, 2.75) is 71.4 Å². The lowest BCUT2D eigenvalue weighted by molar-refractivity contribution is -0.159. The zero-order valence-corrected chi connectivity index (χ0v) is 18.9. The fraction of sp³-hybridized carbons (Fsp3) is 0.667. The fourth-order valence-corrected chi connectivity index (χ4v) is 4.61. The van der Waals surface area contributed by atoms with Gasteiger partial charge in [0, 0.05) is 12.6 Å². The van der Waals surface area contributed by atoms with Crippen molar-refractivity contribution in [3.8, 4) is 11.5 Å². The molecule has 0 bridgehead atoms. The van der Waals surface area contributed by atoms with Crippen LogP contribution in [0.3, 0.4) is 0 Å². The van der Waals surface area contributed by atoms with Crippen LogP contribution in [0.25, 0.3) is 0 Å². The van der Waals surface area contributed by atoms with E-state index < -0.39 is 6.04 Å². The third-order valence-electron chi connectivity index (χ3n) is 6.31. The first-order chi connectivity index (χ1) is 14.5. The maximum Gasteiger partial charge on any atom is 0.250 e. The third-order valence-corrected chi connectivity index (χ3v) is 6.31. The monoisotopic (exact) mass is 416 g/mol. The molecule has 0 radical (unpaired) electrons. The average Bonchev–Trinajstić information content (AvgIpc) is 2.75. The van der Waals surface area contributed by atoms with E-state index in [4.69, 9.17) is 9.47 Å². The lowest BCUT2D eigenvalue weighted by Gasteiger charge is -2.45. The number of carbonyl (C=O) groups is 2. The van der Waals surface area contributed by atoms with Crippen LogP contribution in [-0.4, -0.2) is 54.5 Å². The van der Waals surface area contributed by atoms with Gasteiger partial charge in [-0.2, -0.15) is 0 Å². The number of benzene rings is 1. The molecule has 6 heteroatoms. The summed E-state index contributed by atoms with van der Waals surface area (Å²) in [5, 5.41) is 0. The average molecular weight is 417 g/mol. The van der Waals surface area contributed by atoms with Crippen molar-refractivity contribution in [2.75, 3.05) is 26.8 Å². The van der Waals surface area contributed by atoms with Gasteiger partial charge in [0.15, 0.2) is 11.5 Å². The van der Waals surface area contributed by atoms with Crippen LogP contribution in [0.5, 0.6) is 11.5 Å². The summed E-state index contributed by atoms with van der Waals surface area (Å²) >= 11 is 0. The van der Waals surface area contributed by atoms with Gasteiger partial charge in [0.1, 0.15) is 12.6 Å². The first-order valence-electron chi connectivity index (χ1n) is 11.4. The number of methoxy groups -OCH3 is 1. The van der Waals surface area contributed by atoms with Crippen LogP contribution in [0.2, 0.25) is 0 Å². The number of ether oxygens (including phenoxy) is 2. The van der Waals surface area contributed by atoms with E-state index in [2.05, 4.69) is 13.8 Å². The van der Waals surface area contributed by atoms with Gasteiger partial charge < -0.3 is 19.3 Å². The number of nitrogens with zero attached hydrogens (tertiary/aromatic N) is 2. The maximum atomic E-state index is 13.7. The van der Waals surface area contributed by atoms with Crippen molar-refractivity contribution in [1.82, 2.24) is 9.80 Å². The predicted octanol–water partition coefficient (Wildman–Crippen LogP) is 4.18. The largest absolute Gasteiger partial charge is 0.493 e. The molecular weight excluding hydrogens is 380 g/mol. The Labute approximate surface area is 180 Å². The Morgan fingerprint density at radius 3 is 2.40 bits per heavy atom. The van der Waals surface area contributed by atoms with Crippen LogP contribution < -0.4 is 9.47 Å². The van der Waals surface area contributed by atoms with E-state index in [-0.39, 0.29) is 24.4 Å². The van der Waals surface area contributed by atoms with Gasteiger partial charge in [0.2, 0.25) is 5.91 Å². The van der Waals surface area contributed by atoms with Gasteiger partial charge in [-0.05, 0) is 62.1 Å². The highest BCUT2D eigenvalue weighted by atomic mass is 16.5. The molecule has 3 rings (SSSR count). The summed E-state index contributed by atoms with van der Waals surface area (Å²) in [5.41, 5.74) is 0.788. The number of carbonyl (C=O) groups excluding carboxylic acids is 2. The van der Waals surface area contributed by atoms with Crippen LogP contribution in [0, 0.1) is 5.92 Å². The van der Waals surface area contributed by atoms with Crippen molar-refractivity contribution in [2.24, 2.45) is 5.92 Å². The van der Waals surface area contributed by atoms with Gasteiger partial charge in [-0.1, -0.05) is 26.8 Å². The van der Waals surface area contributed by atoms with Gasteiger partial charge in [0.25, 0.3) is 5.91 Å². The Morgan fingerprint density at radius 1 is 1.03 bits per heavy atom. The minimum absolute atomic E-state index is 0.0327. The lowest BCUT2D eigenvalue weighted by Crippen LogP contribution is -2.58. The molecule has 1 atom stereocenters. The Balaban J connectivity index is 1.91. The number of hydrogen-bond donors (Lipinski definition) is 0. The second kappa shape index (κ2) is 10.2. The van der Waals surface area contributed by atoms with Gasteiger partial charge in [-0.25, -0.2) is 0 Å². The molecule has 0 aromatic heterocycles. The first kappa shape index (κ1) is 22.4. The Hall–Kier alpha value is -2.24. The molecule has 30 heavy (non-hydrogen) atoms. The van der Waals surface area contributed by atoms with Gasteiger partial charge in [-0.15, -0.1) is 0 Å². The molecule has 2 aliphatic rings. The number of rotatable bonds is 8. The zero-order chi connectivity index (χ0) is 21.7. The number of hydrogen-bond acceptors (Lipinski definition) is 4. The quantitative estimate of drug-likeness (QED) is 0.638. The zero-order valence-electron chi connectivity index (χ0n) is 18.9. The molecule has 1 aromatic rings. The van der Waals surface area contributed by atoms with Crippen molar-refractivity contribution in [3.63, 3.8) is 0 Å². The molecule has 1 aromatic carbocycles. The highest BCUT2D eigenvalue weighted by molar-refractivity contribution is 5.96. The normalized spacial score (nSPS) is 24.9. The fourth-order valence-electron chi connectivity index (χ4n) is 4.61. The Kier molecular flexibility index (Phi) is 7.62. The van der Waals surface area contributed by atoms with Crippen molar-refractivity contribution < 1.29 is 19.1 Å². The molecule has 166 valence electrons. The molecule has 0 N–H and O–H groups in total. The molecule has 2 amide bonds. The van der Waals surface area contributed by atoms with Crippen LogP contribution >= 0.6 is 0 Å². The van der Waals surface area contributed by atoms with E-state index in [0.717, 1.165) is 44.1 Å². The Morgan fingerprint density at radius 2 is 1.77 bits per heavy atom. The van der Waals surface area contributed by atoms with E-state index >= 15 is 0 Å². The Bertz CT molecular complexity index is 743. The van der Waals surface area contributed by atoms with Crippen LogP contribution in [0.1, 0.15) is 70.9 Å². The summed E-state index contributed by atoms with van der Waals surface area (Å²) in [6.45, 7) is 7.72. The second-order valence-electron chi connectivity index (χ2n) is 8.63. The van der Waals surface area contributed by atoms with Crippen LogP contribution in [-0.2, 0) is 9.59 Å². The summed E-state index contributed by atoms with van der Waals surface area (Å²) in [6, 6.07) is 5.18. The molecule has 1 saturated carbocycles. The summed E-state index contributed by atoms with van der Waals surface area (Å²) in [5.74, 6) is 2.03. The van der Waals surface area contributed by atoms with Gasteiger partial charge in [0.05, 0.1) is 13.7 Å². The summed E-state index contributed by atoms with van der Waals surface area (Å²) < 4.78 is 11.3. The van der Waals surface area contributed by atoms with Crippen LogP contribution in [0.15, 0.2) is 18.2 Å². The van der Waals surface area contributed by atoms with E-state index in [1.54, 1.807) is 12.0 Å². The standard InChI is InChI=1S/C24H36N2O4/c1-5-13-25-22(27)16-26(19-10-7-17(3)8-11-19)24(28)23(25)18-9-12-20(30-14-6-2)21(15-18)29-4/h9,12,15,17,19,23H,5-8,10-11,13-14,16H2,1-4H3/t17?,19?,23-/m0/s1. The maximum absolute atomic E-state index is 13.7. The molecule has 1 aliphatic carbocycles. The number of piperazine rings is 1.